The first-order chi connectivity index (χ1) is 9.49. The van der Waals surface area contributed by atoms with Crippen molar-refractivity contribution in [2.75, 3.05) is 18.0 Å². The molecule has 4 heteroatoms. The third-order valence-electron chi connectivity index (χ3n) is 4.18. The normalized spacial score (nSPS) is 22.4. The third-order valence-corrected chi connectivity index (χ3v) is 4.18. The number of aliphatic carboxylic acids is 1. The second kappa shape index (κ2) is 4.47. The molecule has 1 atom stereocenters. The number of carbonyl (C=O) groups is 1. The lowest BCUT2D eigenvalue weighted by atomic mass is 9.90. The Hall–Kier alpha value is -2.10. The molecule has 3 rings (SSSR count). The van der Waals surface area contributed by atoms with Crippen LogP contribution in [0.3, 0.4) is 0 Å². The molecule has 0 bridgehead atoms. The van der Waals surface area contributed by atoms with E-state index in [1.807, 2.05) is 38.1 Å². The summed E-state index contributed by atoms with van der Waals surface area (Å²) in [5, 5.41) is 10.5. The monoisotopic (exact) mass is 270 g/mol. The van der Waals surface area contributed by atoms with E-state index in [0.717, 1.165) is 28.8 Å². The van der Waals surface area contributed by atoms with Gasteiger partial charge in [-0.05, 0) is 38.0 Å². The summed E-state index contributed by atoms with van der Waals surface area (Å²) in [5.41, 5.74) is 1.38. The minimum atomic E-state index is -0.724. The highest BCUT2D eigenvalue weighted by Crippen LogP contribution is 2.34. The molecule has 20 heavy (non-hydrogen) atoms. The maximum absolute atomic E-state index is 11.4. The molecule has 1 aromatic carbocycles. The third kappa shape index (κ3) is 2.01. The molecule has 4 nitrogen and oxygen atoms in total. The lowest BCUT2D eigenvalue weighted by Crippen LogP contribution is -2.32. The van der Waals surface area contributed by atoms with Crippen LogP contribution in [0.15, 0.2) is 30.3 Å². The second-order valence-corrected chi connectivity index (χ2v) is 5.86. The van der Waals surface area contributed by atoms with Crippen molar-refractivity contribution in [3.8, 4) is 0 Å². The SMILES string of the molecule is Cc1cc2ccccc2nc1N1CCC(C)(C(=O)O)C1. The zero-order valence-corrected chi connectivity index (χ0v) is 11.8. The maximum Gasteiger partial charge on any atom is 0.311 e. The van der Waals surface area contributed by atoms with E-state index in [9.17, 15) is 9.90 Å². The van der Waals surface area contributed by atoms with Crippen molar-refractivity contribution in [1.82, 2.24) is 4.98 Å². The van der Waals surface area contributed by atoms with E-state index in [2.05, 4.69) is 11.0 Å². The summed E-state index contributed by atoms with van der Waals surface area (Å²) in [6, 6.07) is 10.1. The Balaban J connectivity index is 1.99. The molecule has 0 aliphatic carbocycles. The summed E-state index contributed by atoms with van der Waals surface area (Å²) in [5.74, 6) is 0.187. The molecule has 1 aliphatic rings. The molecule has 0 saturated carbocycles. The number of carboxylic acids is 1. The van der Waals surface area contributed by atoms with Gasteiger partial charge in [-0.25, -0.2) is 4.98 Å². The van der Waals surface area contributed by atoms with Crippen molar-refractivity contribution in [2.45, 2.75) is 20.3 Å². The minimum Gasteiger partial charge on any atom is -0.481 e. The van der Waals surface area contributed by atoms with Crippen LogP contribution >= 0.6 is 0 Å². The zero-order chi connectivity index (χ0) is 14.3. The molecular formula is C16H18N2O2. The van der Waals surface area contributed by atoms with Crippen LogP contribution in [-0.2, 0) is 4.79 Å². The van der Waals surface area contributed by atoms with E-state index in [1.165, 1.54) is 0 Å². The number of nitrogens with zero attached hydrogens (tertiary/aromatic N) is 2. The molecular weight excluding hydrogens is 252 g/mol. The minimum absolute atomic E-state index is 0.522. The lowest BCUT2D eigenvalue weighted by Gasteiger charge is -2.22. The topological polar surface area (TPSA) is 53.4 Å². The smallest absolute Gasteiger partial charge is 0.311 e. The first kappa shape index (κ1) is 12.9. The van der Waals surface area contributed by atoms with E-state index < -0.39 is 11.4 Å². The summed E-state index contributed by atoms with van der Waals surface area (Å²) in [4.78, 5) is 18.2. The van der Waals surface area contributed by atoms with Crippen LogP contribution in [0.4, 0.5) is 5.82 Å². The average Bonchev–Trinajstić information content (AvgIpc) is 2.82. The van der Waals surface area contributed by atoms with Gasteiger partial charge in [0.25, 0.3) is 0 Å². The Bertz CT molecular complexity index is 683. The van der Waals surface area contributed by atoms with Gasteiger partial charge in [0.1, 0.15) is 5.82 Å². The zero-order valence-electron chi connectivity index (χ0n) is 11.8. The van der Waals surface area contributed by atoms with Gasteiger partial charge in [0, 0.05) is 18.5 Å². The van der Waals surface area contributed by atoms with Crippen molar-refractivity contribution in [2.24, 2.45) is 5.41 Å². The predicted molar refractivity (Wildman–Crippen MR) is 79.1 cm³/mol. The Morgan fingerprint density at radius 3 is 2.85 bits per heavy atom. The van der Waals surface area contributed by atoms with Gasteiger partial charge in [0.05, 0.1) is 10.9 Å². The molecule has 1 saturated heterocycles. The van der Waals surface area contributed by atoms with Gasteiger partial charge in [0.2, 0.25) is 0 Å². The molecule has 1 aromatic heterocycles. The van der Waals surface area contributed by atoms with Crippen LogP contribution in [-0.4, -0.2) is 29.1 Å². The van der Waals surface area contributed by atoms with Crippen molar-refractivity contribution >= 4 is 22.7 Å². The van der Waals surface area contributed by atoms with E-state index in [1.54, 1.807) is 0 Å². The number of carboxylic acid groups (broad SMARTS) is 1. The number of hydrogen-bond donors (Lipinski definition) is 1. The van der Waals surface area contributed by atoms with Crippen LogP contribution in [0.25, 0.3) is 10.9 Å². The van der Waals surface area contributed by atoms with E-state index in [0.29, 0.717) is 13.0 Å². The van der Waals surface area contributed by atoms with E-state index in [4.69, 9.17) is 4.98 Å². The van der Waals surface area contributed by atoms with Gasteiger partial charge in [0.15, 0.2) is 0 Å². The Morgan fingerprint density at radius 1 is 1.40 bits per heavy atom. The van der Waals surface area contributed by atoms with Crippen molar-refractivity contribution < 1.29 is 9.90 Å². The highest BCUT2D eigenvalue weighted by molar-refractivity contribution is 5.82. The van der Waals surface area contributed by atoms with E-state index in [-0.39, 0.29) is 0 Å². The number of para-hydroxylation sites is 1. The lowest BCUT2D eigenvalue weighted by molar-refractivity contribution is -0.146. The summed E-state index contributed by atoms with van der Waals surface area (Å²) in [7, 11) is 0. The molecule has 1 N–H and O–H groups in total. The highest BCUT2D eigenvalue weighted by Gasteiger charge is 2.41. The number of hydrogen-bond acceptors (Lipinski definition) is 3. The highest BCUT2D eigenvalue weighted by atomic mass is 16.4. The summed E-state index contributed by atoms with van der Waals surface area (Å²) in [6.45, 7) is 5.11. The molecule has 0 spiro atoms. The second-order valence-electron chi connectivity index (χ2n) is 5.86. The number of aryl methyl sites for hydroxylation is 1. The number of benzene rings is 1. The van der Waals surface area contributed by atoms with Crippen molar-refractivity contribution in [3.63, 3.8) is 0 Å². The summed E-state index contributed by atoms with van der Waals surface area (Å²) >= 11 is 0. The number of rotatable bonds is 2. The van der Waals surface area contributed by atoms with Crippen LogP contribution in [0.5, 0.6) is 0 Å². The Morgan fingerprint density at radius 2 is 2.15 bits per heavy atom. The number of aromatic nitrogens is 1. The van der Waals surface area contributed by atoms with Crippen LogP contribution in [0.2, 0.25) is 0 Å². The number of fused-ring (bicyclic) bond motifs is 1. The number of pyridine rings is 1. The predicted octanol–water partition coefficient (Wildman–Crippen LogP) is 2.84. The fourth-order valence-corrected chi connectivity index (χ4v) is 2.85. The van der Waals surface area contributed by atoms with Crippen LogP contribution in [0.1, 0.15) is 18.9 Å². The largest absolute Gasteiger partial charge is 0.481 e. The van der Waals surface area contributed by atoms with Gasteiger partial charge in [-0.2, -0.15) is 0 Å². The number of anilines is 1. The quantitative estimate of drug-likeness (QED) is 0.911. The van der Waals surface area contributed by atoms with Crippen molar-refractivity contribution in [3.05, 3.63) is 35.9 Å². The Labute approximate surface area is 118 Å². The maximum atomic E-state index is 11.4. The fourth-order valence-electron chi connectivity index (χ4n) is 2.85. The van der Waals surface area contributed by atoms with Gasteiger partial charge < -0.3 is 10.0 Å². The Kier molecular flexibility index (Phi) is 2.89. The molecule has 2 aromatic rings. The first-order valence-corrected chi connectivity index (χ1v) is 6.84. The average molecular weight is 270 g/mol. The first-order valence-electron chi connectivity index (χ1n) is 6.84. The standard InChI is InChI=1S/C16H18N2O2/c1-11-9-12-5-3-4-6-13(12)17-14(11)18-8-7-16(2,10-18)15(19)20/h3-6,9H,7-8,10H2,1-2H3,(H,19,20). The molecule has 0 amide bonds. The van der Waals surface area contributed by atoms with Gasteiger partial charge in [-0.15, -0.1) is 0 Å². The van der Waals surface area contributed by atoms with Gasteiger partial charge in [-0.1, -0.05) is 18.2 Å². The van der Waals surface area contributed by atoms with Crippen molar-refractivity contribution in [1.29, 1.82) is 0 Å². The molecule has 1 unspecified atom stereocenters. The van der Waals surface area contributed by atoms with Crippen LogP contribution < -0.4 is 4.90 Å². The fraction of sp³-hybridized carbons (Fsp3) is 0.375. The van der Waals surface area contributed by atoms with E-state index >= 15 is 0 Å². The summed E-state index contributed by atoms with van der Waals surface area (Å²) < 4.78 is 0. The molecule has 0 radical (unpaired) electrons. The molecule has 104 valence electrons. The molecule has 1 fully saturated rings. The van der Waals surface area contributed by atoms with Crippen LogP contribution in [0, 0.1) is 12.3 Å². The summed E-state index contributed by atoms with van der Waals surface area (Å²) in [6.07, 6.45) is 0.663. The van der Waals surface area contributed by atoms with Gasteiger partial charge >= 0.3 is 5.97 Å². The molecule has 2 heterocycles. The molecule has 1 aliphatic heterocycles. The van der Waals surface area contributed by atoms with Gasteiger partial charge in [-0.3, -0.25) is 4.79 Å².